The van der Waals surface area contributed by atoms with E-state index in [2.05, 4.69) is 15.0 Å². The van der Waals surface area contributed by atoms with Crippen molar-refractivity contribution in [3.63, 3.8) is 0 Å². The van der Waals surface area contributed by atoms with Crippen LogP contribution in [-0.4, -0.2) is 20.7 Å². The maximum Gasteiger partial charge on any atom is 0.161 e. The average Bonchev–Trinajstić information content (AvgIpc) is 3.31. The number of ether oxygens (including phenoxy) is 2. The van der Waals surface area contributed by atoms with Gasteiger partial charge in [0, 0.05) is 17.8 Å². The number of carbonyl (C=O) groups is 1. The number of rotatable bonds is 8. The van der Waals surface area contributed by atoms with Gasteiger partial charge in [-0.15, -0.1) is 0 Å². The highest BCUT2D eigenvalue weighted by Crippen LogP contribution is 2.34. The summed E-state index contributed by atoms with van der Waals surface area (Å²) in [7, 11) is 0. The molecule has 2 aromatic heterocycles. The first kappa shape index (κ1) is 21.4. The van der Waals surface area contributed by atoms with E-state index in [9.17, 15) is 4.79 Å². The molecule has 0 spiro atoms. The van der Waals surface area contributed by atoms with E-state index in [0.29, 0.717) is 47.3 Å². The number of carbonyl (C=O) groups excluding carboxylic acids is 1. The molecule has 0 radical (unpaired) electrons. The summed E-state index contributed by atoms with van der Waals surface area (Å²) in [5.74, 6) is 1.90. The van der Waals surface area contributed by atoms with Crippen LogP contribution in [0.15, 0.2) is 91.1 Å². The number of hydrogen-bond acceptors (Lipinski definition) is 5. The summed E-state index contributed by atoms with van der Waals surface area (Å²) >= 11 is 0. The first-order chi connectivity index (χ1) is 16.7. The molecule has 5 aromatic rings. The number of imidazole rings is 1. The lowest BCUT2D eigenvalue weighted by Gasteiger charge is -2.13. The van der Waals surface area contributed by atoms with Crippen molar-refractivity contribution >= 4 is 16.9 Å². The van der Waals surface area contributed by atoms with Crippen LogP contribution in [0.1, 0.15) is 28.4 Å². The third-order valence-corrected chi connectivity index (χ3v) is 5.44. The van der Waals surface area contributed by atoms with Crippen molar-refractivity contribution in [3.8, 4) is 22.9 Å². The summed E-state index contributed by atoms with van der Waals surface area (Å²) in [6, 6.07) is 27.4. The molecule has 0 aliphatic carbocycles. The molecule has 34 heavy (non-hydrogen) atoms. The van der Waals surface area contributed by atoms with Crippen LogP contribution in [0.4, 0.5) is 0 Å². The van der Waals surface area contributed by atoms with Crippen LogP contribution in [0, 0.1) is 0 Å². The van der Waals surface area contributed by atoms with E-state index >= 15 is 0 Å². The van der Waals surface area contributed by atoms with E-state index in [1.807, 2.05) is 78.9 Å². The fourth-order valence-corrected chi connectivity index (χ4v) is 3.60. The number of Topliss-reactive ketones (excluding diaryl/α,β-unsaturated/α-hetero) is 1. The van der Waals surface area contributed by atoms with Crippen molar-refractivity contribution in [2.45, 2.75) is 20.1 Å². The van der Waals surface area contributed by atoms with Gasteiger partial charge in [-0.25, -0.2) is 9.97 Å². The summed E-state index contributed by atoms with van der Waals surface area (Å²) in [5, 5.41) is 0. The van der Waals surface area contributed by atoms with Crippen LogP contribution in [0.2, 0.25) is 0 Å². The molecule has 3 aromatic carbocycles. The Bertz CT molecular complexity index is 1430. The third kappa shape index (κ3) is 4.81. The van der Waals surface area contributed by atoms with Crippen LogP contribution < -0.4 is 9.47 Å². The van der Waals surface area contributed by atoms with E-state index in [1.54, 1.807) is 12.3 Å². The molecule has 6 nitrogen and oxygen atoms in total. The molecule has 2 heterocycles. The molecule has 0 bridgehead atoms. The minimum atomic E-state index is -0.0502. The van der Waals surface area contributed by atoms with Gasteiger partial charge in [0.05, 0.1) is 5.56 Å². The Morgan fingerprint density at radius 2 is 1.53 bits per heavy atom. The Hall–Kier alpha value is -4.45. The highest BCUT2D eigenvalue weighted by molar-refractivity contribution is 5.96. The Labute approximate surface area is 197 Å². The van der Waals surface area contributed by atoms with Gasteiger partial charge in [-0.3, -0.25) is 4.79 Å². The number of fused-ring (bicyclic) bond motifs is 1. The first-order valence-corrected chi connectivity index (χ1v) is 11.0. The topological polar surface area (TPSA) is 77.1 Å². The maximum atomic E-state index is 11.7. The summed E-state index contributed by atoms with van der Waals surface area (Å²) in [6.07, 6.45) is 1.56. The standard InChI is InChI=1S/C28H23N3O3/c1-19(32)22-14-25-28(29-16-22)31-27(30-25)24-13-12-23(33-17-20-8-4-2-5-9-20)15-26(24)34-18-21-10-6-3-7-11-21/h2-16H,17-18H2,1H3,(H,29,30,31). The number of benzene rings is 3. The largest absolute Gasteiger partial charge is 0.489 e. The zero-order valence-corrected chi connectivity index (χ0v) is 18.7. The van der Waals surface area contributed by atoms with E-state index < -0.39 is 0 Å². The van der Waals surface area contributed by atoms with Crippen molar-refractivity contribution in [2.24, 2.45) is 0 Å². The summed E-state index contributed by atoms with van der Waals surface area (Å²) in [4.78, 5) is 24.0. The lowest BCUT2D eigenvalue weighted by molar-refractivity contribution is 0.101. The van der Waals surface area contributed by atoms with Gasteiger partial charge in [0.2, 0.25) is 0 Å². The number of pyridine rings is 1. The van der Waals surface area contributed by atoms with Crippen LogP contribution in [0.25, 0.3) is 22.6 Å². The third-order valence-electron chi connectivity index (χ3n) is 5.44. The minimum Gasteiger partial charge on any atom is -0.489 e. The Morgan fingerprint density at radius 3 is 2.21 bits per heavy atom. The van der Waals surface area contributed by atoms with Crippen LogP contribution >= 0.6 is 0 Å². The number of ketones is 1. The second-order valence-corrected chi connectivity index (χ2v) is 7.94. The van der Waals surface area contributed by atoms with Crippen molar-refractivity contribution in [2.75, 3.05) is 0 Å². The Kier molecular flexibility index (Phi) is 6.03. The molecule has 0 saturated carbocycles. The fraction of sp³-hybridized carbons (Fsp3) is 0.107. The predicted octanol–water partition coefficient (Wildman–Crippen LogP) is 5.99. The molecule has 0 aliphatic rings. The lowest BCUT2D eigenvalue weighted by atomic mass is 10.1. The van der Waals surface area contributed by atoms with E-state index in [4.69, 9.17) is 9.47 Å². The normalized spacial score (nSPS) is 10.9. The number of nitrogens with zero attached hydrogens (tertiary/aromatic N) is 2. The number of H-pyrrole nitrogens is 1. The molecule has 6 heteroatoms. The first-order valence-electron chi connectivity index (χ1n) is 11.0. The molecule has 168 valence electrons. The minimum absolute atomic E-state index is 0.0502. The molecule has 0 fully saturated rings. The highest BCUT2D eigenvalue weighted by atomic mass is 16.5. The van der Waals surface area contributed by atoms with E-state index in [1.165, 1.54) is 6.92 Å². The van der Waals surface area contributed by atoms with Crippen molar-refractivity contribution < 1.29 is 14.3 Å². The van der Waals surface area contributed by atoms with Gasteiger partial charge in [0.25, 0.3) is 0 Å². The average molecular weight is 450 g/mol. The zero-order valence-electron chi connectivity index (χ0n) is 18.7. The van der Waals surface area contributed by atoms with Crippen molar-refractivity contribution in [3.05, 3.63) is 108 Å². The molecule has 0 aliphatic heterocycles. The fourth-order valence-electron chi connectivity index (χ4n) is 3.60. The van der Waals surface area contributed by atoms with Gasteiger partial charge < -0.3 is 14.5 Å². The molecule has 1 N–H and O–H groups in total. The van der Waals surface area contributed by atoms with Crippen LogP contribution in [0.3, 0.4) is 0 Å². The van der Waals surface area contributed by atoms with Gasteiger partial charge in [-0.05, 0) is 36.2 Å². The second-order valence-electron chi connectivity index (χ2n) is 7.94. The van der Waals surface area contributed by atoms with Gasteiger partial charge in [-0.2, -0.15) is 0 Å². The Morgan fingerprint density at radius 1 is 0.853 bits per heavy atom. The zero-order chi connectivity index (χ0) is 23.3. The van der Waals surface area contributed by atoms with Crippen molar-refractivity contribution in [1.29, 1.82) is 0 Å². The molecule has 0 unspecified atom stereocenters. The smallest absolute Gasteiger partial charge is 0.161 e. The molecular weight excluding hydrogens is 426 g/mol. The predicted molar refractivity (Wildman–Crippen MR) is 131 cm³/mol. The number of nitrogens with one attached hydrogen (secondary N) is 1. The SMILES string of the molecule is CC(=O)c1cnc2[nH]c(-c3ccc(OCc4ccccc4)cc3OCc3ccccc3)nc2c1. The van der Waals surface area contributed by atoms with E-state index in [-0.39, 0.29) is 5.78 Å². The number of hydrogen-bond donors (Lipinski definition) is 1. The monoisotopic (exact) mass is 449 g/mol. The maximum absolute atomic E-state index is 11.7. The quantitative estimate of drug-likeness (QED) is 0.295. The van der Waals surface area contributed by atoms with Gasteiger partial charge in [0.1, 0.15) is 36.1 Å². The lowest BCUT2D eigenvalue weighted by Crippen LogP contribution is -2.00. The molecular formula is C28H23N3O3. The summed E-state index contributed by atoms with van der Waals surface area (Å²) in [6.45, 7) is 2.38. The summed E-state index contributed by atoms with van der Waals surface area (Å²) < 4.78 is 12.2. The Balaban J connectivity index is 1.47. The van der Waals surface area contributed by atoms with Gasteiger partial charge in [0.15, 0.2) is 11.4 Å². The van der Waals surface area contributed by atoms with Crippen molar-refractivity contribution in [1.82, 2.24) is 15.0 Å². The highest BCUT2D eigenvalue weighted by Gasteiger charge is 2.15. The number of aromatic nitrogens is 3. The molecule has 0 saturated heterocycles. The summed E-state index contributed by atoms with van der Waals surface area (Å²) in [5.41, 5.74) is 4.69. The van der Waals surface area contributed by atoms with Crippen LogP contribution in [0.5, 0.6) is 11.5 Å². The molecule has 0 atom stereocenters. The number of aromatic amines is 1. The molecule has 5 rings (SSSR count). The second kappa shape index (κ2) is 9.58. The van der Waals surface area contributed by atoms with Crippen LogP contribution in [-0.2, 0) is 13.2 Å². The molecule has 0 amide bonds. The van der Waals surface area contributed by atoms with E-state index in [0.717, 1.165) is 16.7 Å². The van der Waals surface area contributed by atoms with Gasteiger partial charge >= 0.3 is 0 Å². The van der Waals surface area contributed by atoms with Gasteiger partial charge in [-0.1, -0.05) is 60.7 Å².